The van der Waals surface area contributed by atoms with E-state index in [1.165, 1.54) is 5.56 Å². The quantitative estimate of drug-likeness (QED) is 0.925. The fourth-order valence-corrected chi connectivity index (χ4v) is 2.74. The molecule has 0 aromatic heterocycles. The van der Waals surface area contributed by atoms with Gasteiger partial charge in [0.25, 0.3) is 0 Å². The highest BCUT2D eigenvalue weighted by molar-refractivity contribution is 6.30. The summed E-state index contributed by atoms with van der Waals surface area (Å²) in [6, 6.07) is 8.05. The lowest BCUT2D eigenvalue weighted by Gasteiger charge is -2.35. The molecule has 4 nitrogen and oxygen atoms in total. The third-order valence-corrected chi connectivity index (χ3v) is 3.75. The molecule has 0 unspecified atom stereocenters. The van der Waals surface area contributed by atoms with E-state index >= 15 is 0 Å². The van der Waals surface area contributed by atoms with Gasteiger partial charge < -0.3 is 15.1 Å². The van der Waals surface area contributed by atoms with Gasteiger partial charge in [-0.15, -0.1) is 0 Å². The lowest BCUT2D eigenvalue weighted by Crippen LogP contribution is -2.45. The Balaban J connectivity index is 1.75. The van der Waals surface area contributed by atoms with Crippen LogP contribution >= 0.6 is 11.6 Å². The van der Waals surface area contributed by atoms with Crippen LogP contribution in [0.2, 0.25) is 5.02 Å². The first kappa shape index (κ1) is 13.3. The van der Waals surface area contributed by atoms with E-state index in [2.05, 4.69) is 45.4 Å². The maximum absolute atomic E-state index is 5.93. The van der Waals surface area contributed by atoms with Crippen LogP contribution in [0.5, 0.6) is 0 Å². The average Bonchev–Trinajstić information content (AvgIpc) is 2.90. The minimum absolute atomic E-state index is 0.691. The van der Waals surface area contributed by atoms with Crippen molar-refractivity contribution >= 4 is 17.4 Å². The zero-order valence-corrected chi connectivity index (χ0v) is 12.4. The number of hydrogen-bond acceptors (Lipinski definition) is 4. The summed E-state index contributed by atoms with van der Waals surface area (Å²) in [5.74, 6) is 1.11. The molecule has 0 fully saturated rings. The summed E-state index contributed by atoms with van der Waals surface area (Å²) in [6.07, 6.45) is 3.30. The van der Waals surface area contributed by atoms with E-state index in [-0.39, 0.29) is 0 Å². The molecule has 2 heterocycles. The minimum Gasteiger partial charge on any atom is -0.362 e. The van der Waals surface area contributed by atoms with Crippen molar-refractivity contribution in [3.63, 3.8) is 0 Å². The highest BCUT2D eigenvalue weighted by Gasteiger charge is 2.25. The molecule has 0 amide bonds. The van der Waals surface area contributed by atoms with E-state index in [1.807, 2.05) is 12.1 Å². The highest BCUT2D eigenvalue weighted by atomic mass is 35.5. The molecule has 106 valence electrons. The smallest absolute Gasteiger partial charge is 0.152 e. The van der Waals surface area contributed by atoms with Crippen LogP contribution in [0.1, 0.15) is 18.9 Å². The van der Waals surface area contributed by atoms with Crippen LogP contribution in [0.4, 0.5) is 0 Å². The molecule has 5 heteroatoms. The molecule has 0 aliphatic carbocycles. The Hall–Kier alpha value is -1.68. The SMILES string of the molecule is CCCN1CN(Cc2ccc(Cl)cc2)C=C2NCN=C21. The van der Waals surface area contributed by atoms with Crippen LogP contribution in [-0.2, 0) is 6.54 Å². The number of halogens is 1. The third kappa shape index (κ3) is 2.75. The Labute approximate surface area is 124 Å². The highest BCUT2D eigenvalue weighted by Crippen LogP contribution is 2.19. The number of aliphatic imine (C=N–C) groups is 1. The Kier molecular flexibility index (Phi) is 3.83. The molecule has 1 aromatic rings. The van der Waals surface area contributed by atoms with Crippen LogP contribution in [0.15, 0.2) is 41.2 Å². The van der Waals surface area contributed by atoms with Crippen LogP contribution in [0.25, 0.3) is 0 Å². The Bertz CT molecular complexity index is 535. The van der Waals surface area contributed by atoms with E-state index in [0.29, 0.717) is 6.67 Å². The van der Waals surface area contributed by atoms with Crippen LogP contribution in [0, 0.1) is 0 Å². The molecule has 0 spiro atoms. The van der Waals surface area contributed by atoms with Gasteiger partial charge in [-0.2, -0.15) is 0 Å². The van der Waals surface area contributed by atoms with E-state index in [0.717, 1.165) is 42.7 Å². The monoisotopic (exact) mass is 290 g/mol. The van der Waals surface area contributed by atoms with Gasteiger partial charge in [-0.1, -0.05) is 30.7 Å². The number of benzene rings is 1. The lowest BCUT2D eigenvalue weighted by atomic mass is 10.2. The second-order valence-electron chi connectivity index (χ2n) is 5.14. The first-order chi connectivity index (χ1) is 9.76. The molecule has 0 saturated carbocycles. The van der Waals surface area contributed by atoms with Crippen LogP contribution in [-0.4, -0.2) is 35.5 Å². The molecule has 2 aliphatic heterocycles. The van der Waals surface area contributed by atoms with Gasteiger partial charge in [0.05, 0.1) is 12.4 Å². The number of hydrogen-bond donors (Lipinski definition) is 1. The summed E-state index contributed by atoms with van der Waals surface area (Å²) in [7, 11) is 0. The first-order valence-electron chi connectivity index (χ1n) is 7.00. The van der Waals surface area contributed by atoms with Crippen molar-refractivity contribution in [3.05, 3.63) is 46.7 Å². The third-order valence-electron chi connectivity index (χ3n) is 3.50. The van der Waals surface area contributed by atoms with E-state index in [4.69, 9.17) is 11.6 Å². The molecule has 0 saturated heterocycles. The number of nitrogens with one attached hydrogen (secondary N) is 1. The molecule has 0 bridgehead atoms. The number of fused-ring (bicyclic) bond motifs is 1. The summed E-state index contributed by atoms with van der Waals surface area (Å²) in [5.41, 5.74) is 2.40. The predicted octanol–water partition coefficient (Wildman–Crippen LogP) is 2.63. The van der Waals surface area contributed by atoms with Crippen molar-refractivity contribution in [1.29, 1.82) is 0 Å². The standard InChI is InChI=1S/C15H19ClN4/c1-2-7-20-11-19(9-14-15(20)18-10-17-14)8-12-3-5-13(16)6-4-12/h3-6,9,17H,2,7-8,10-11H2,1H3. The van der Waals surface area contributed by atoms with Crippen molar-refractivity contribution in [3.8, 4) is 0 Å². The maximum atomic E-state index is 5.93. The summed E-state index contributed by atoms with van der Waals surface area (Å²) < 4.78 is 0. The topological polar surface area (TPSA) is 30.9 Å². The fourth-order valence-electron chi connectivity index (χ4n) is 2.61. The molecule has 20 heavy (non-hydrogen) atoms. The average molecular weight is 291 g/mol. The Morgan fingerprint density at radius 2 is 2.10 bits per heavy atom. The lowest BCUT2D eigenvalue weighted by molar-refractivity contribution is 0.229. The van der Waals surface area contributed by atoms with Gasteiger partial charge in [-0.25, -0.2) is 4.99 Å². The van der Waals surface area contributed by atoms with Crippen LogP contribution in [0.3, 0.4) is 0 Å². The summed E-state index contributed by atoms with van der Waals surface area (Å²) in [4.78, 5) is 9.18. The largest absolute Gasteiger partial charge is 0.362 e. The van der Waals surface area contributed by atoms with Crippen molar-refractivity contribution in [1.82, 2.24) is 15.1 Å². The first-order valence-corrected chi connectivity index (χ1v) is 7.38. The van der Waals surface area contributed by atoms with Gasteiger partial charge in [0.1, 0.15) is 6.67 Å². The van der Waals surface area contributed by atoms with E-state index in [1.54, 1.807) is 0 Å². The summed E-state index contributed by atoms with van der Waals surface area (Å²) >= 11 is 5.93. The number of amidine groups is 1. The van der Waals surface area contributed by atoms with Crippen molar-refractivity contribution < 1.29 is 0 Å². The summed E-state index contributed by atoms with van der Waals surface area (Å²) in [5, 5.41) is 4.11. The summed E-state index contributed by atoms with van der Waals surface area (Å²) in [6.45, 7) is 5.70. The predicted molar refractivity (Wildman–Crippen MR) is 82.4 cm³/mol. The van der Waals surface area contributed by atoms with Crippen LogP contribution < -0.4 is 5.32 Å². The minimum atomic E-state index is 0.691. The fraction of sp³-hybridized carbons (Fsp3) is 0.400. The van der Waals surface area contributed by atoms with Gasteiger partial charge in [-0.05, 0) is 24.1 Å². The molecular weight excluding hydrogens is 272 g/mol. The van der Waals surface area contributed by atoms with Crippen molar-refractivity contribution in [2.75, 3.05) is 19.9 Å². The maximum Gasteiger partial charge on any atom is 0.152 e. The molecule has 0 radical (unpaired) electrons. The number of rotatable bonds is 4. The molecule has 1 aromatic carbocycles. The van der Waals surface area contributed by atoms with Gasteiger partial charge >= 0.3 is 0 Å². The van der Waals surface area contributed by atoms with E-state index < -0.39 is 0 Å². The Morgan fingerprint density at radius 3 is 2.85 bits per heavy atom. The zero-order valence-electron chi connectivity index (χ0n) is 11.6. The van der Waals surface area contributed by atoms with Gasteiger partial charge in [0, 0.05) is 24.3 Å². The Morgan fingerprint density at radius 1 is 1.30 bits per heavy atom. The second-order valence-corrected chi connectivity index (χ2v) is 5.57. The molecule has 2 aliphatic rings. The second kappa shape index (κ2) is 5.75. The van der Waals surface area contributed by atoms with Gasteiger partial charge in [0.2, 0.25) is 0 Å². The van der Waals surface area contributed by atoms with E-state index in [9.17, 15) is 0 Å². The number of nitrogens with zero attached hydrogens (tertiary/aromatic N) is 3. The van der Waals surface area contributed by atoms with Gasteiger partial charge in [-0.3, -0.25) is 0 Å². The molecule has 3 rings (SSSR count). The van der Waals surface area contributed by atoms with Crippen molar-refractivity contribution in [2.45, 2.75) is 19.9 Å². The molecule has 1 N–H and O–H groups in total. The zero-order chi connectivity index (χ0) is 13.9. The van der Waals surface area contributed by atoms with Gasteiger partial charge in [0.15, 0.2) is 5.84 Å². The molecule has 0 atom stereocenters. The molecular formula is C15H19ClN4. The van der Waals surface area contributed by atoms with Crippen molar-refractivity contribution in [2.24, 2.45) is 4.99 Å². The normalized spacial score (nSPS) is 17.5.